The largest absolute Gasteiger partial charge is 0.478 e. The molecule has 100 valence electrons. The normalized spacial score (nSPS) is 13.2. The van der Waals surface area contributed by atoms with E-state index in [0.717, 1.165) is 0 Å². The quantitative estimate of drug-likeness (QED) is 0.834. The molecule has 0 heterocycles. The SMILES string of the molecule is CCC(Cl)(Cl)C(Oc1ccc(Cl)cc1C)C(=O)O. The third-order valence-electron chi connectivity index (χ3n) is 2.46. The number of carbonyl (C=O) groups is 1. The van der Waals surface area contributed by atoms with Crippen molar-refractivity contribution in [2.75, 3.05) is 0 Å². The van der Waals surface area contributed by atoms with Gasteiger partial charge in [0.05, 0.1) is 0 Å². The minimum Gasteiger partial charge on any atom is -0.478 e. The van der Waals surface area contributed by atoms with Crippen LogP contribution in [0.3, 0.4) is 0 Å². The lowest BCUT2D eigenvalue weighted by Crippen LogP contribution is -2.42. The third-order valence-corrected chi connectivity index (χ3v) is 3.63. The van der Waals surface area contributed by atoms with Crippen LogP contribution in [0.5, 0.6) is 5.75 Å². The lowest BCUT2D eigenvalue weighted by Gasteiger charge is -2.26. The molecule has 0 aliphatic rings. The summed E-state index contributed by atoms with van der Waals surface area (Å²) in [4.78, 5) is 11.2. The van der Waals surface area contributed by atoms with Crippen molar-refractivity contribution in [3.8, 4) is 5.75 Å². The van der Waals surface area contributed by atoms with Crippen LogP contribution in [0, 0.1) is 6.92 Å². The molecule has 0 aliphatic heterocycles. The minimum atomic E-state index is -1.49. The Morgan fingerprint density at radius 3 is 2.56 bits per heavy atom. The van der Waals surface area contributed by atoms with Crippen LogP contribution >= 0.6 is 34.8 Å². The van der Waals surface area contributed by atoms with E-state index in [-0.39, 0.29) is 6.42 Å². The van der Waals surface area contributed by atoms with Crippen LogP contribution in [-0.4, -0.2) is 21.5 Å². The van der Waals surface area contributed by atoms with Crippen LogP contribution in [0.4, 0.5) is 0 Å². The third kappa shape index (κ3) is 3.67. The van der Waals surface area contributed by atoms with Gasteiger partial charge in [-0.15, -0.1) is 0 Å². The summed E-state index contributed by atoms with van der Waals surface area (Å²) >= 11 is 17.7. The number of aryl methyl sites for hydroxylation is 1. The first-order valence-electron chi connectivity index (χ1n) is 5.31. The van der Waals surface area contributed by atoms with Gasteiger partial charge in [0.2, 0.25) is 6.10 Å². The molecule has 0 spiro atoms. The average molecular weight is 312 g/mol. The molecule has 1 aromatic rings. The minimum absolute atomic E-state index is 0.250. The van der Waals surface area contributed by atoms with Crippen LogP contribution < -0.4 is 4.74 Å². The van der Waals surface area contributed by atoms with Gasteiger partial charge in [0, 0.05) is 5.02 Å². The van der Waals surface area contributed by atoms with Crippen molar-refractivity contribution in [2.45, 2.75) is 30.7 Å². The number of hydrogen-bond donors (Lipinski definition) is 1. The molecule has 1 N–H and O–H groups in total. The fraction of sp³-hybridized carbons (Fsp3) is 0.417. The van der Waals surface area contributed by atoms with Gasteiger partial charge in [-0.3, -0.25) is 0 Å². The lowest BCUT2D eigenvalue weighted by molar-refractivity contribution is -0.145. The molecule has 18 heavy (non-hydrogen) atoms. The molecule has 1 aromatic carbocycles. The smallest absolute Gasteiger partial charge is 0.348 e. The zero-order chi connectivity index (χ0) is 13.9. The molecule has 6 heteroatoms. The highest BCUT2D eigenvalue weighted by atomic mass is 35.5. The second-order valence-electron chi connectivity index (χ2n) is 3.86. The molecule has 0 fully saturated rings. The summed E-state index contributed by atoms with van der Waals surface area (Å²) in [6.45, 7) is 3.45. The summed E-state index contributed by atoms with van der Waals surface area (Å²) in [5.41, 5.74) is 0.717. The van der Waals surface area contributed by atoms with Crippen LogP contribution in [0.15, 0.2) is 18.2 Å². The van der Waals surface area contributed by atoms with Crippen molar-refractivity contribution in [2.24, 2.45) is 0 Å². The number of ether oxygens (including phenoxy) is 1. The summed E-state index contributed by atoms with van der Waals surface area (Å²) in [7, 11) is 0. The van der Waals surface area contributed by atoms with Crippen molar-refractivity contribution in [1.82, 2.24) is 0 Å². The highest BCUT2D eigenvalue weighted by molar-refractivity contribution is 6.49. The van der Waals surface area contributed by atoms with Crippen LogP contribution in [0.1, 0.15) is 18.9 Å². The van der Waals surface area contributed by atoms with Crippen molar-refractivity contribution in [3.63, 3.8) is 0 Å². The van der Waals surface area contributed by atoms with E-state index in [1.165, 1.54) is 0 Å². The highest BCUT2D eigenvalue weighted by Gasteiger charge is 2.41. The zero-order valence-corrected chi connectivity index (χ0v) is 12.2. The van der Waals surface area contributed by atoms with E-state index in [9.17, 15) is 4.79 Å². The molecule has 1 unspecified atom stereocenters. The molecule has 0 saturated heterocycles. The van der Waals surface area contributed by atoms with Crippen molar-refractivity contribution >= 4 is 40.8 Å². The van der Waals surface area contributed by atoms with E-state index in [0.29, 0.717) is 16.3 Å². The van der Waals surface area contributed by atoms with Crippen LogP contribution in [0.2, 0.25) is 5.02 Å². The standard InChI is InChI=1S/C12H13Cl3O3/c1-3-12(14,15)10(11(16)17)18-9-5-4-8(13)6-7(9)2/h4-6,10H,3H2,1-2H3,(H,16,17). The van der Waals surface area contributed by atoms with Gasteiger partial charge in [-0.25, -0.2) is 4.79 Å². The van der Waals surface area contributed by atoms with E-state index >= 15 is 0 Å². The number of halogens is 3. The predicted molar refractivity (Wildman–Crippen MR) is 73.0 cm³/mol. The second-order valence-corrected chi connectivity index (χ2v) is 5.84. The Hall–Kier alpha value is -0.640. The highest BCUT2D eigenvalue weighted by Crippen LogP contribution is 2.33. The average Bonchev–Trinajstić information content (AvgIpc) is 2.27. The van der Waals surface area contributed by atoms with Gasteiger partial charge in [-0.05, 0) is 37.1 Å². The number of rotatable bonds is 5. The maximum atomic E-state index is 11.2. The monoisotopic (exact) mass is 310 g/mol. The van der Waals surface area contributed by atoms with Crippen LogP contribution in [-0.2, 0) is 4.79 Å². The van der Waals surface area contributed by atoms with E-state index in [1.807, 2.05) is 0 Å². The Morgan fingerprint density at radius 1 is 1.50 bits per heavy atom. The molecule has 3 nitrogen and oxygen atoms in total. The van der Waals surface area contributed by atoms with E-state index < -0.39 is 16.4 Å². The molecular weight excluding hydrogens is 298 g/mol. The maximum absolute atomic E-state index is 11.2. The van der Waals surface area contributed by atoms with E-state index in [2.05, 4.69) is 0 Å². The van der Waals surface area contributed by atoms with Crippen molar-refractivity contribution < 1.29 is 14.6 Å². The number of carboxylic acid groups (broad SMARTS) is 1. The number of aliphatic carboxylic acids is 1. The summed E-state index contributed by atoms with van der Waals surface area (Å²) in [5.74, 6) is -0.817. The molecule has 0 saturated carbocycles. The summed E-state index contributed by atoms with van der Waals surface area (Å²) in [5, 5.41) is 9.67. The number of alkyl halides is 2. The molecule has 0 bridgehead atoms. The fourth-order valence-electron chi connectivity index (χ4n) is 1.37. The number of carboxylic acids is 1. The molecule has 1 rings (SSSR count). The summed E-state index contributed by atoms with van der Waals surface area (Å²) in [6, 6.07) is 4.87. The number of benzene rings is 1. The summed E-state index contributed by atoms with van der Waals surface area (Å²) in [6.07, 6.45) is -1.09. The molecule has 0 aliphatic carbocycles. The first kappa shape index (κ1) is 15.4. The summed E-state index contributed by atoms with van der Waals surface area (Å²) < 4.78 is 3.91. The van der Waals surface area contributed by atoms with Gasteiger partial charge in [0.15, 0.2) is 4.33 Å². The van der Waals surface area contributed by atoms with Gasteiger partial charge in [0.25, 0.3) is 0 Å². The Morgan fingerprint density at radius 2 is 2.11 bits per heavy atom. The topological polar surface area (TPSA) is 46.5 Å². The first-order valence-corrected chi connectivity index (χ1v) is 6.44. The molecule has 1 atom stereocenters. The van der Waals surface area contributed by atoms with Crippen molar-refractivity contribution in [3.05, 3.63) is 28.8 Å². The van der Waals surface area contributed by atoms with Gasteiger partial charge in [-0.2, -0.15) is 0 Å². The zero-order valence-electron chi connectivity index (χ0n) is 9.91. The lowest BCUT2D eigenvalue weighted by atomic mass is 10.1. The Balaban J connectivity index is 3.01. The van der Waals surface area contributed by atoms with Gasteiger partial charge in [0.1, 0.15) is 5.75 Å². The molecule has 0 aromatic heterocycles. The van der Waals surface area contributed by atoms with E-state index in [1.54, 1.807) is 32.0 Å². The van der Waals surface area contributed by atoms with Gasteiger partial charge >= 0.3 is 5.97 Å². The molecular formula is C12H13Cl3O3. The molecule has 0 amide bonds. The Bertz CT molecular complexity index is 446. The fourth-order valence-corrected chi connectivity index (χ4v) is 1.88. The molecule has 0 radical (unpaired) electrons. The predicted octanol–water partition coefficient (Wildman–Crippen LogP) is 4.06. The Kier molecular flexibility index (Phi) is 5.14. The first-order chi connectivity index (χ1) is 8.27. The second kappa shape index (κ2) is 6.00. The maximum Gasteiger partial charge on any atom is 0.348 e. The number of hydrogen-bond acceptors (Lipinski definition) is 2. The van der Waals surface area contributed by atoms with Crippen LogP contribution in [0.25, 0.3) is 0 Å². The van der Waals surface area contributed by atoms with Crippen molar-refractivity contribution in [1.29, 1.82) is 0 Å². The van der Waals surface area contributed by atoms with Gasteiger partial charge in [-0.1, -0.05) is 41.7 Å². The Labute approximate surface area is 121 Å². The van der Waals surface area contributed by atoms with Gasteiger partial charge < -0.3 is 9.84 Å². The van der Waals surface area contributed by atoms with E-state index in [4.69, 9.17) is 44.6 Å².